The van der Waals surface area contributed by atoms with E-state index in [0.717, 1.165) is 19.1 Å². The zero-order chi connectivity index (χ0) is 20.4. The molecule has 28 heavy (non-hydrogen) atoms. The van der Waals surface area contributed by atoms with Gasteiger partial charge in [0.05, 0.1) is 12.4 Å². The lowest BCUT2D eigenvalue weighted by molar-refractivity contribution is 0.0416. The van der Waals surface area contributed by atoms with Crippen molar-refractivity contribution in [3.05, 3.63) is 60.7 Å². The van der Waals surface area contributed by atoms with Crippen LogP contribution in [-0.2, 0) is 18.7 Å². The van der Waals surface area contributed by atoms with Crippen LogP contribution in [0.15, 0.2) is 60.7 Å². The van der Waals surface area contributed by atoms with Crippen molar-refractivity contribution >= 4 is 28.8 Å². The molecule has 0 N–H and O–H groups in total. The Morgan fingerprint density at radius 2 is 1.39 bits per heavy atom. The third-order valence-electron chi connectivity index (χ3n) is 5.46. The molecule has 0 unspecified atom stereocenters. The van der Waals surface area contributed by atoms with Gasteiger partial charge in [-0.2, -0.15) is 8.42 Å². The highest BCUT2D eigenvalue weighted by atomic mass is 32.2. The van der Waals surface area contributed by atoms with Crippen LogP contribution in [-0.4, -0.2) is 35.7 Å². The lowest BCUT2D eigenvalue weighted by atomic mass is 9.83. The summed E-state index contributed by atoms with van der Waals surface area (Å²) in [6, 6.07) is 21.1. The number of rotatable bonds is 7. The summed E-state index contributed by atoms with van der Waals surface area (Å²) < 4.78 is 34.6. The second-order valence-electron chi connectivity index (χ2n) is 8.73. The van der Waals surface area contributed by atoms with Crippen LogP contribution < -0.4 is 10.4 Å². The number of hydrogen-bond acceptors (Lipinski definition) is 4. The summed E-state index contributed by atoms with van der Waals surface area (Å²) in [4.78, 5) is 0. The molecule has 0 atom stereocenters. The molecule has 4 nitrogen and oxygen atoms in total. The van der Waals surface area contributed by atoms with Crippen molar-refractivity contribution in [1.82, 2.24) is 0 Å². The molecule has 2 aromatic rings. The van der Waals surface area contributed by atoms with Crippen molar-refractivity contribution in [3.8, 4) is 0 Å². The van der Waals surface area contributed by atoms with Crippen LogP contribution in [0.2, 0.25) is 5.04 Å². The lowest BCUT2D eigenvalue weighted by Gasteiger charge is -2.45. The first-order valence-corrected chi connectivity index (χ1v) is 13.5. The number of hydrogen-bond donors (Lipinski definition) is 0. The minimum absolute atomic E-state index is 0.0535. The van der Waals surface area contributed by atoms with E-state index in [-0.39, 0.29) is 11.1 Å². The van der Waals surface area contributed by atoms with E-state index in [2.05, 4.69) is 69.3 Å². The van der Waals surface area contributed by atoms with Gasteiger partial charge in [-0.25, -0.2) is 0 Å². The summed E-state index contributed by atoms with van der Waals surface area (Å²) in [5, 5.41) is 2.47. The van der Waals surface area contributed by atoms with Crippen LogP contribution in [0.3, 0.4) is 0 Å². The summed E-state index contributed by atoms with van der Waals surface area (Å²) >= 11 is 0. The molecule has 1 fully saturated rings. The molecule has 152 valence electrons. The van der Waals surface area contributed by atoms with Crippen LogP contribution in [0.5, 0.6) is 0 Å². The smallest absolute Gasteiger partial charge is 0.264 e. The van der Waals surface area contributed by atoms with Crippen molar-refractivity contribution in [2.75, 3.05) is 12.9 Å². The molecule has 1 aliphatic rings. The average Bonchev–Trinajstić information content (AvgIpc) is 2.59. The van der Waals surface area contributed by atoms with Crippen molar-refractivity contribution < 1.29 is 17.0 Å². The Labute approximate surface area is 170 Å². The third-order valence-corrected chi connectivity index (χ3v) is 11.1. The highest BCUT2D eigenvalue weighted by molar-refractivity contribution is 7.86. The van der Waals surface area contributed by atoms with Crippen LogP contribution >= 0.6 is 0 Å². The average molecular weight is 419 g/mol. The molecule has 3 rings (SSSR count). The maximum atomic E-state index is 11.3. The molecular formula is C22H30O4SSi. The van der Waals surface area contributed by atoms with Gasteiger partial charge in [-0.05, 0) is 34.2 Å². The summed E-state index contributed by atoms with van der Waals surface area (Å²) in [5.41, 5.74) is 0. The largest absolute Gasteiger partial charge is 0.407 e. The molecule has 0 radical (unpaired) electrons. The predicted molar refractivity (Wildman–Crippen MR) is 116 cm³/mol. The van der Waals surface area contributed by atoms with Gasteiger partial charge in [-0.3, -0.25) is 4.18 Å². The van der Waals surface area contributed by atoms with Crippen LogP contribution in [0.1, 0.15) is 33.6 Å². The summed E-state index contributed by atoms with van der Waals surface area (Å²) in [7, 11) is -5.91. The van der Waals surface area contributed by atoms with Gasteiger partial charge in [-0.1, -0.05) is 81.4 Å². The molecule has 2 aromatic carbocycles. The maximum absolute atomic E-state index is 11.3. The molecule has 0 heterocycles. The van der Waals surface area contributed by atoms with Gasteiger partial charge < -0.3 is 4.43 Å². The molecular weight excluding hydrogens is 388 g/mol. The first kappa shape index (κ1) is 21.2. The predicted octanol–water partition coefficient (Wildman–Crippen LogP) is 3.32. The van der Waals surface area contributed by atoms with E-state index in [1.807, 2.05) is 12.1 Å². The quantitative estimate of drug-likeness (QED) is 0.511. The van der Waals surface area contributed by atoms with Crippen LogP contribution in [0, 0.1) is 5.92 Å². The van der Waals surface area contributed by atoms with Gasteiger partial charge >= 0.3 is 0 Å². The molecule has 0 bridgehead atoms. The topological polar surface area (TPSA) is 52.6 Å². The van der Waals surface area contributed by atoms with Crippen LogP contribution in [0.25, 0.3) is 0 Å². The van der Waals surface area contributed by atoms with Gasteiger partial charge in [0.15, 0.2) is 0 Å². The van der Waals surface area contributed by atoms with E-state index >= 15 is 0 Å². The molecule has 1 aliphatic carbocycles. The van der Waals surface area contributed by atoms with Crippen molar-refractivity contribution in [2.24, 2.45) is 5.92 Å². The lowest BCUT2D eigenvalue weighted by Crippen LogP contribution is -2.67. The van der Waals surface area contributed by atoms with Gasteiger partial charge in [0, 0.05) is 6.61 Å². The highest BCUT2D eigenvalue weighted by Crippen LogP contribution is 2.39. The van der Waals surface area contributed by atoms with E-state index in [0.29, 0.717) is 12.5 Å². The molecule has 0 spiro atoms. The fourth-order valence-corrected chi connectivity index (χ4v) is 9.43. The summed E-state index contributed by atoms with van der Waals surface area (Å²) in [6.45, 7) is 7.40. The third kappa shape index (κ3) is 4.57. The zero-order valence-corrected chi connectivity index (χ0v) is 18.9. The highest BCUT2D eigenvalue weighted by Gasteiger charge is 2.50. The SMILES string of the molecule is CC(C)(C)[Si](OC[C@H]1C[C@H](OS(C)(=O)=O)C1)(c1ccccc1)c1ccccc1. The van der Waals surface area contributed by atoms with E-state index in [4.69, 9.17) is 8.61 Å². The number of benzene rings is 2. The van der Waals surface area contributed by atoms with Gasteiger partial charge in [-0.15, -0.1) is 0 Å². The first-order chi connectivity index (χ1) is 13.1. The van der Waals surface area contributed by atoms with Crippen molar-refractivity contribution in [1.29, 1.82) is 0 Å². The van der Waals surface area contributed by atoms with Crippen molar-refractivity contribution in [2.45, 2.75) is 44.8 Å². The summed E-state index contributed by atoms with van der Waals surface area (Å²) in [5.74, 6) is 0.327. The normalized spacial score (nSPS) is 20.6. The maximum Gasteiger partial charge on any atom is 0.264 e. The molecule has 0 saturated heterocycles. The standard InChI is InChI=1S/C22H30O4SSi/c1-22(2,3)28(20-11-7-5-8-12-20,21-13-9-6-10-14-21)25-17-18-15-19(16-18)26-27(4,23)24/h5-14,18-19H,15-17H2,1-4H3/t18-,19-. The Kier molecular flexibility index (Phi) is 6.15. The van der Waals surface area contributed by atoms with Gasteiger partial charge in [0.2, 0.25) is 0 Å². The Balaban J connectivity index is 1.86. The molecule has 1 saturated carbocycles. The minimum atomic E-state index is -3.39. The first-order valence-electron chi connectivity index (χ1n) is 9.75. The van der Waals surface area contributed by atoms with E-state index in [9.17, 15) is 8.42 Å². The minimum Gasteiger partial charge on any atom is -0.407 e. The Morgan fingerprint density at radius 3 is 1.79 bits per heavy atom. The van der Waals surface area contributed by atoms with Crippen LogP contribution in [0.4, 0.5) is 0 Å². The van der Waals surface area contributed by atoms with E-state index in [1.165, 1.54) is 10.4 Å². The Bertz CT molecular complexity index is 830. The van der Waals surface area contributed by atoms with Crippen molar-refractivity contribution in [3.63, 3.8) is 0 Å². The monoisotopic (exact) mass is 418 g/mol. The molecule has 0 aromatic heterocycles. The zero-order valence-electron chi connectivity index (χ0n) is 17.1. The van der Waals surface area contributed by atoms with Gasteiger partial charge in [0.25, 0.3) is 18.4 Å². The summed E-state index contributed by atoms with van der Waals surface area (Å²) in [6.07, 6.45) is 2.36. The van der Waals surface area contributed by atoms with E-state index in [1.54, 1.807) is 0 Å². The Morgan fingerprint density at radius 1 is 0.929 bits per heavy atom. The Hall–Kier alpha value is -1.47. The second-order valence-corrected chi connectivity index (χ2v) is 14.6. The van der Waals surface area contributed by atoms with Gasteiger partial charge in [0.1, 0.15) is 0 Å². The fraction of sp³-hybridized carbons (Fsp3) is 0.455. The molecule has 0 aliphatic heterocycles. The fourth-order valence-electron chi connectivity index (χ4n) is 4.14. The van der Waals surface area contributed by atoms with E-state index < -0.39 is 18.4 Å². The second kappa shape index (κ2) is 8.11. The molecule has 6 heteroatoms. The molecule has 0 amide bonds.